The van der Waals surface area contributed by atoms with E-state index in [2.05, 4.69) is 5.32 Å². The zero-order chi connectivity index (χ0) is 22.5. The molecule has 5 aromatic rings. The Bertz CT molecular complexity index is 1290. The van der Waals surface area contributed by atoms with Gasteiger partial charge in [0.05, 0.1) is 0 Å². The van der Waals surface area contributed by atoms with Gasteiger partial charge < -0.3 is 18.8 Å². The molecule has 0 aliphatic rings. The molecule has 164 valence electrons. The van der Waals surface area contributed by atoms with Crippen LogP contribution in [0, 0.1) is 0 Å². The SMILES string of the molecule is O=P(Oc1ccccc1)(Oc1ccccc1)C(Nc1ccccc1)c1cc2ccccc2o1. The first-order valence-electron chi connectivity index (χ1n) is 10.6. The van der Waals surface area contributed by atoms with Gasteiger partial charge in [-0.15, -0.1) is 0 Å². The Morgan fingerprint density at radius 3 is 1.76 bits per heavy atom. The monoisotopic (exact) mass is 455 g/mol. The molecular weight excluding hydrogens is 433 g/mol. The van der Waals surface area contributed by atoms with Crippen molar-refractivity contribution in [3.8, 4) is 11.5 Å². The molecule has 0 saturated heterocycles. The maximum atomic E-state index is 14.6. The summed E-state index contributed by atoms with van der Waals surface area (Å²) in [5, 5.41) is 4.23. The van der Waals surface area contributed by atoms with Gasteiger partial charge in [-0.05, 0) is 48.5 Å². The topological polar surface area (TPSA) is 60.7 Å². The van der Waals surface area contributed by atoms with E-state index >= 15 is 0 Å². The van der Waals surface area contributed by atoms with E-state index in [4.69, 9.17) is 13.5 Å². The Kier molecular flexibility index (Phi) is 5.88. The first-order chi connectivity index (χ1) is 16.2. The van der Waals surface area contributed by atoms with Crippen LogP contribution in [0.25, 0.3) is 11.0 Å². The minimum atomic E-state index is -3.92. The van der Waals surface area contributed by atoms with Crippen LogP contribution in [0.2, 0.25) is 0 Å². The van der Waals surface area contributed by atoms with Crippen LogP contribution in [-0.4, -0.2) is 0 Å². The van der Waals surface area contributed by atoms with Crippen molar-refractivity contribution in [1.82, 2.24) is 0 Å². The average Bonchev–Trinajstić information content (AvgIpc) is 3.28. The van der Waals surface area contributed by atoms with Crippen LogP contribution in [0.3, 0.4) is 0 Å². The molecule has 5 nitrogen and oxygen atoms in total. The highest BCUT2D eigenvalue weighted by molar-refractivity contribution is 7.55. The Labute approximate surface area is 192 Å². The molecule has 1 heterocycles. The number of furan rings is 1. The molecular formula is C27H22NO4P. The van der Waals surface area contributed by atoms with E-state index in [1.807, 2.05) is 97.1 Å². The minimum absolute atomic E-state index is 0.438. The van der Waals surface area contributed by atoms with Crippen LogP contribution in [0.4, 0.5) is 5.69 Å². The predicted molar refractivity (Wildman–Crippen MR) is 131 cm³/mol. The number of hydrogen-bond donors (Lipinski definition) is 1. The quantitative estimate of drug-likeness (QED) is 0.241. The lowest BCUT2D eigenvalue weighted by Gasteiger charge is -2.27. The highest BCUT2D eigenvalue weighted by atomic mass is 31.2. The third-order valence-electron chi connectivity index (χ3n) is 5.06. The second-order valence-electron chi connectivity index (χ2n) is 7.45. The summed E-state index contributed by atoms with van der Waals surface area (Å²) >= 11 is 0. The van der Waals surface area contributed by atoms with Crippen LogP contribution in [0.5, 0.6) is 11.5 Å². The first kappa shape index (κ1) is 20.9. The molecule has 1 N–H and O–H groups in total. The van der Waals surface area contributed by atoms with Gasteiger partial charge in [0.1, 0.15) is 22.8 Å². The standard InChI is InChI=1S/C27H22NO4P/c29-33(31-23-15-6-2-7-16-23,32-24-17-8-3-9-18-24)27(28-22-13-4-1-5-14-22)26-20-21-12-10-11-19-25(21)30-26/h1-20,27-28H. The Hall–Kier alpha value is -3.95. The fourth-order valence-electron chi connectivity index (χ4n) is 3.52. The van der Waals surface area contributed by atoms with Crippen molar-refractivity contribution in [2.24, 2.45) is 0 Å². The molecule has 4 aromatic carbocycles. The van der Waals surface area contributed by atoms with Crippen molar-refractivity contribution >= 4 is 24.3 Å². The maximum absolute atomic E-state index is 14.6. The summed E-state index contributed by atoms with van der Waals surface area (Å²) in [5.41, 5.74) is 1.45. The van der Waals surface area contributed by atoms with Gasteiger partial charge in [0.25, 0.3) is 0 Å². The zero-order valence-electron chi connectivity index (χ0n) is 17.7. The van der Waals surface area contributed by atoms with Gasteiger partial charge in [-0.25, -0.2) is 4.57 Å². The summed E-state index contributed by atoms with van der Waals surface area (Å²) in [7, 11) is -3.92. The lowest BCUT2D eigenvalue weighted by atomic mass is 10.2. The molecule has 1 unspecified atom stereocenters. The van der Waals surface area contributed by atoms with Crippen molar-refractivity contribution < 1.29 is 18.0 Å². The van der Waals surface area contributed by atoms with Gasteiger partial charge in [-0.3, -0.25) is 0 Å². The largest absolute Gasteiger partial charge is 0.460 e. The van der Waals surface area contributed by atoms with Crippen LogP contribution < -0.4 is 14.4 Å². The molecule has 1 atom stereocenters. The molecule has 0 amide bonds. The highest BCUT2D eigenvalue weighted by Crippen LogP contribution is 2.60. The van der Waals surface area contributed by atoms with Crippen molar-refractivity contribution in [2.45, 2.75) is 5.78 Å². The van der Waals surface area contributed by atoms with Gasteiger partial charge in [0, 0.05) is 11.1 Å². The molecule has 33 heavy (non-hydrogen) atoms. The summed E-state index contributed by atoms with van der Waals surface area (Å²) < 4.78 is 32.9. The van der Waals surface area contributed by atoms with Crippen molar-refractivity contribution in [1.29, 1.82) is 0 Å². The number of hydrogen-bond acceptors (Lipinski definition) is 5. The predicted octanol–water partition coefficient (Wildman–Crippen LogP) is 7.89. The number of anilines is 1. The lowest BCUT2D eigenvalue weighted by Crippen LogP contribution is -2.17. The van der Waals surface area contributed by atoms with E-state index in [1.165, 1.54) is 0 Å². The van der Waals surface area contributed by atoms with E-state index in [0.717, 1.165) is 11.1 Å². The average molecular weight is 455 g/mol. The molecule has 0 bridgehead atoms. The van der Waals surface area contributed by atoms with E-state index in [1.54, 1.807) is 24.3 Å². The van der Waals surface area contributed by atoms with Crippen LogP contribution in [0.1, 0.15) is 11.5 Å². The molecule has 0 saturated carbocycles. The Morgan fingerprint density at radius 2 is 1.18 bits per heavy atom. The van der Waals surface area contributed by atoms with E-state index in [0.29, 0.717) is 22.8 Å². The summed E-state index contributed by atoms with van der Waals surface area (Å²) in [6, 6.07) is 37.1. The molecule has 6 heteroatoms. The molecule has 5 rings (SSSR count). The van der Waals surface area contributed by atoms with E-state index < -0.39 is 13.4 Å². The van der Waals surface area contributed by atoms with Crippen molar-refractivity contribution in [2.75, 3.05) is 5.32 Å². The molecule has 0 spiro atoms. The van der Waals surface area contributed by atoms with E-state index in [9.17, 15) is 4.57 Å². The Morgan fingerprint density at radius 1 is 0.667 bits per heavy atom. The van der Waals surface area contributed by atoms with Gasteiger partial charge in [0.2, 0.25) is 5.78 Å². The number of para-hydroxylation sites is 4. The Balaban J connectivity index is 1.63. The van der Waals surface area contributed by atoms with Gasteiger partial charge in [0.15, 0.2) is 0 Å². The smallest absolute Gasteiger partial charge is 0.458 e. The molecule has 0 radical (unpaired) electrons. The van der Waals surface area contributed by atoms with Crippen molar-refractivity contribution in [3.63, 3.8) is 0 Å². The number of nitrogens with one attached hydrogen (secondary N) is 1. The second kappa shape index (κ2) is 9.27. The van der Waals surface area contributed by atoms with Gasteiger partial charge in [-0.1, -0.05) is 72.8 Å². The summed E-state index contributed by atoms with van der Waals surface area (Å²) in [6.45, 7) is 0. The third kappa shape index (κ3) is 4.79. The molecule has 1 aromatic heterocycles. The number of benzene rings is 4. The summed E-state index contributed by atoms with van der Waals surface area (Å²) in [5.74, 6) is 0.420. The second-order valence-corrected chi connectivity index (χ2v) is 9.41. The molecule has 0 aliphatic carbocycles. The maximum Gasteiger partial charge on any atom is 0.460 e. The molecule has 0 aliphatic heterocycles. The van der Waals surface area contributed by atoms with Crippen LogP contribution >= 0.6 is 7.60 Å². The fourth-order valence-corrected chi connectivity index (χ4v) is 5.34. The summed E-state index contributed by atoms with van der Waals surface area (Å²) in [6.07, 6.45) is 0. The molecule has 0 fully saturated rings. The van der Waals surface area contributed by atoms with Gasteiger partial charge in [-0.2, -0.15) is 0 Å². The van der Waals surface area contributed by atoms with Crippen LogP contribution in [0.15, 0.2) is 126 Å². The van der Waals surface area contributed by atoms with E-state index in [-0.39, 0.29) is 0 Å². The number of fused-ring (bicyclic) bond motifs is 1. The number of rotatable bonds is 8. The van der Waals surface area contributed by atoms with Gasteiger partial charge >= 0.3 is 7.60 Å². The fraction of sp³-hybridized carbons (Fsp3) is 0.0370. The lowest BCUT2D eigenvalue weighted by molar-refractivity contribution is 0.368. The third-order valence-corrected chi connectivity index (χ3v) is 7.01. The highest BCUT2D eigenvalue weighted by Gasteiger charge is 2.43. The van der Waals surface area contributed by atoms with Crippen LogP contribution in [-0.2, 0) is 4.57 Å². The van der Waals surface area contributed by atoms with Crippen molar-refractivity contribution in [3.05, 3.63) is 127 Å². The minimum Gasteiger partial charge on any atom is -0.458 e. The first-order valence-corrected chi connectivity index (χ1v) is 12.2. The zero-order valence-corrected chi connectivity index (χ0v) is 18.6. The summed E-state index contributed by atoms with van der Waals surface area (Å²) in [4.78, 5) is 0. The normalized spacial score (nSPS) is 12.2.